The fourth-order valence-corrected chi connectivity index (χ4v) is 1.28. The quantitative estimate of drug-likeness (QED) is 0.568. The van der Waals surface area contributed by atoms with Crippen molar-refractivity contribution in [2.24, 2.45) is 0 Å². The SMILES string of the molecule is Sc1cccc2n[nH]nc12.c1cocn1. The maximum absolute atomic E-state index is 4.47. The van der Waals surface area contributed by atoms with E-state index in [1.54, 1.807) is 6.20 Å². The normalized spacial score (nSPS) is 9.67. The second-order valence-electron chi connectivity index (χ2n) is 2.64. The van der Waals surface area contributed by atoms with E-state index in [2.05, 4.69) is 37.4 Å². The number of fused-ring (bicyclic) bond motifs is 1. The van der Waals surface area contributed by atoms with Crippen LogP contribution in [0.1, 0.15) is 0 Å². The van der Waals surface area contributed by atoms with Crippen LogP contribution in [-0.2, 0) is 0 Å². The first kappa shape index (κ1) is 9.72. The Balaban J connectivity index is 0.000000144. The molecule has 0 unspecified atom stereocenters. The van der Waals surface area contributed by atoms with E-state index in [-0.39, 0.29) is 0 Å². The predicted molar refractivity (Wildman–Crippen MR) is 57.6 cm³/mol. The summed E-state index contributed by atoms with van der Waals surface area (Å²) in [7, 11) is 0. The lowest BCUT2D eigenvalue weighted by atomic mass is 10.3. The highest BCUT2D eigenvalue weighted by Gasteiger charge is 1.98. The number of para-hydroxylation sites is 1. The number of benzene rings is 1. The van der Waals surface area contributed by atoms with Crippen molar-refractivity contribution in [3.05, 3.63) is 37.1 Å². The molecule has 5 nitrogen and oxygen atoms in total. The van der Waals surface area contributed by atoms with Gasteiger partial charge in [-0.25, -0.2) is 4.98 Å². The molecule has 76 valence electrons. The number of nitrogens with zero attached hydrogens (tertiary/aromatic N) is 3. The molecule has 0 amide bonds. The minimum absolute atomic E-state index is 0.825. The lowest BCUT2D eigenvalue weighted by Crippen LogP contribution is -1.70. The van der Waals surface area contributed by atoms with E-state index < -0.39 is 0 Å². The highest BCUT2D eigenvalue weighted by Crippen LogP contribution is 2.15. The summed E-state index contributed by atoms with van der Waals surface area (Å²) in [5, 5.41) is 10.3. The zero-order valence-electron chi connectivity index (χ0n) is 7.66. The molecule has 15 heavy (non-hydrogen) atoms. The fraction of sp³-hybridized carbons (Fsp3) is 0. The van der Waals surface area contributed by atoms with Gasteiger partial charge in [-0.15, -0.1) is 12.6 Å². The van der Waals surface area contributed by atoms with E-state index in [1.165, 1.54) is 12.7 Å². The smallest absolute Gasteiger partial charge is 0.180 e. The molecule has 0 spiro atoms. The minimum Gasteiger partial charge on any atom is -0.452 e. The van der Waals surface area contributed by atoms with Crippen LogP contribution in [0.5, 0.6) is 0 Å². The number of oxazole rings is 1. The minimum atomic E-state index is 0.825. The molecule has 6 heteroatoms. The molecule has 3 aromatic rings. The summed E-state index contributed by atoms with van der Waals surface area (Å²) in [4.78, 5) is 4.41. The number of nitrogens with one attached hydrogen (secondary N) is 1. The first-order chi connectivity index (χ1) is 7.38. The van der Waals surface area contributed by atoms with Gasteiger partial charge in [0.05, 0.1) is 6.20 Å². The van der Waals surface area contributed by atoms with Crippen LogP contribution in [0.15, 0.2) is 46.4 Å². The van der Waals surface area contributed by atoms with Gasteiger partial charge in [0.15, 0.2) is 6.39 Å². The summed E-state index contributed by atoms with van der Waals surface area (Å²) in [6.07, 6.45) is 4.47. The Labute approximate surface area is 90.9 Å². The monoisotopic (exact) mass is 220 g/mol. The molecule has 1 N–H and O–H groups in total. The number of hydrogen-bond donors (Lipinski definition) is 2. The van der Waals surface area contributed by atoms with Gasteiger partial charge in [-0.2, -0.15) is 15.4 Å². The first-order valence-corrected chi connectivity index (χ1v) is 4.63. The molecule has 2 heterocycles. The summed E-state index contributed by atoms with van der Waals surface area (Å²) in [6.45, 7) is 0. The Hall–Kier alpha value is -1.82. The van der Waals surface area contributed by atoms with Crippen LogP contribution in [0.3, 0.4) is 0 Å². The van der Waals surface area contributed by atoms with E-state index in [0.717, 1.165) is 15.9 Å². The number of rotatable bonds is 0. The van der Waals surface area contributed by atoms with Crippen LogP contribution in [0.4, 0.5) is 0 Å². The summed E-state index contributed by atoms with van der Waals surface area (Å²) in [5.74, 6) is 0. The lowest BCUT2D eigenvalue weighted by Gasteiger charge is -1.87. The average Bonchev–Trinajstić information content (AvgIpc) is 2.93. The van der Waals surface area contributed by atoms with Crippen LogP contribution >= 0.6 is 12.6 Å². The van der Waals surface area contributed by atoms with Crippen molar-refractivity contribution in [2.75, 3.05) is 0 Å². The highest BCUT2D eigenvalue weighted by molar-refractivity contribution is 7.80. The zero-order chi connectivity index (χ0) is 10.5. The fourth-order valence-electron chi connectivity index (χ4n) is 1.03. The van der Waals surface area contributed by atoms with Crippen LogP contribution < -0.4 is 0 Å². The third-order valence-corrected chi connectivity index (χ3v) is 2.03. The van der Waals surface area contributed by atoms with Crippen molar-refractivity contribution in [1.29, 1.82) is 0 Å². The summed E-state index contributed by atoms with van der Waals surface area (Å²) < 4.78 is 4.47. The molecule has 0 saturated carbocycles. The van der Waals surface area contributed by atoms with Crippen molar-refractivity contribution in [3.63, 3.8) is 0 Å². The molecule has 0 bridgehead atoms. The average molecular weight is 220 g/mol. The highest BCUT2D eigenvalue weighted by atomic mass is 32.1. The largest absolute Gasteiger partial charge is 0.452 e. The summed E-state index contributed by atoms with van der Waals surface area (Å²) >= 11 is 4.19. The number of hydrogen-bond acceptors (Lipinski definition) is 5. The van der Waals surface area contributed by atoms with Gasteiger partial charge in [0, 0.05) is 4.90 Å². The van der Waals surface area contributed by atoms with Gasteiger partial charge in [0.25, 0.3) is 0 Å². The second-order valence-corrected chi connectivity index (χ2v) is 3.13. The van der Waals surface area contributed by atoms with E-state index >= 15 is 0 Å². The van der Waals surface area contributed by atoms with Gasteiger partial charge < -0.3 is 4.42 Å². The van der Waals surface area contributed by atoms with Crippen molar-refractivity contribution in [2.45, 2.75) is 4.90 Å². The maximum Gasteiger partial charge on any atom is 0.180 e. The molecule has 0 radical (unpaired) electrons. The predicted octanol–water partition coefficient (Wildman–Crippen LogP) is 1.92. The zero-order valence-corrected chi connectivity index (χ0v) is 8.56. The molecule has 2 aromatic heterocycles. The molecule has 0 aliphatic rings. The van der Waals surface area contributed by atoms with Gasteiger partial charge in [0.1, 0.15) is 17.3 Å². The van der Waals surface area contributed by atoms with Gasteiger partial charge in [-0.3, -0.25) is 0 Å². The standard InChI is InChI=1S/C6H5N3S.C3H3NO/c10-5-3-1-2-4-6(5)8-9-7-4;1-2-5-3-4-1/h1-3,10H,(H,7,8,9);1-3H. The Morgan fingerprint density at radius 3 is 2.80 bits per heavy atom. The summed E-state index contributed by atoms with van der Waals surface area (Å²) in [6, 6.07) is 5.67. The molecule has 0 aliphatic carbocycles. The van der Waals surface area contributed by atoms with E-state index in [9.17, 15) is 0 Å². The molecule has 0 atom stereocenters. The molecular weight excluding hydrogens is 212 g/mol. The Kier molecular flexibility index (Phi) is 2.99. The van der Waals surface area contributed by atoms with Crippen molar-refractivity contribution in [1.82, 2.24) is 20.4 Å². The second kappa shape index (κ2) is 4.61. The number of thiol groups is 1. The van der Waals surface area contributed by atoms with Gasteiger partial charge in [-0.05, 0) is 12.1 Å². The van der Waals surface area contributed by atoms with Crippen molar-refractivity contribution < 1.29 is 4.42 Å². The molecular formula is C9H8N4OS. The molecule has 3 rings (SSSR count). The lowest BCUT2D eigenvalue weighted by molar-refractivity contribution is 0.558. The van der Waals surface area contributed by atoms with E-state index in [4.69, 9.17) is 0 Å². The Morgan fingerprint density at radius 2 is 2.20 bits per heavy atom. The number of aromatic amines is 1. The molecule has 0 fully saturated rings. The van der Waals surface area contributed by atoms with Crippen LogP contribution in [0.2, 0.25) is 0 Å². The van der Waals surface area contributed by atoms with Crippen molar-refractivity contribution in [3.8, 4) is 0 Å². The number of H-pyrrole nitrogens is 1. The molecule has 0 saturated heterocycles. The van der Waals surface area contributed by atoms with Crippen LogP contribution in [-0.4, -0.2) is 20.4 Å². The molecule has 0 aliphatic heterocycles. The summed E-state index contributed by atoms with van der Waals surface area (Å²) in [5.41, 5.74) is 1.68. The van der Waals surface area contributed by atoms with Crippen LogP contribution in [0.25, 0.3) is 11.0 Å². The third kappa shape index (κ3) is 2.35. The van der Waals surface area contributed by atoms with Gasteiger partial charge in [0.2, 0.25) is 0 Å². The van der Waals surface area contributed by atoms with Crippen LogP contribution in [0, 0.1) is 0 Å². The first-order valence-electron chi connectivity index (χ1n) is 4.18. The number of aromatic nitrogens is 4. The maximum atomic E-state index is 4.47. The topological polar surface area (TPSA) is 67.6 Å². The van der Waals surface area contributed by atoms with Gasteiger partial charge >= 0.3 is 0 Å². The van der Waals surface area contributed by atoms with Gasteiger partial charge in [-0.1, -0.05) is 6.07 Å². The van der Waals surface area contributed by atoms with E-state index in [1.807, 2.05) is 18.2 Å². The third-order valence-electron chi connectivity index (χ3n) is 1.67. The Bertz CT molecular complexity index is 502. The molecule has 1 aromatic carbocycles. The Morgan fingerprint density at radius 1 is 1.27 bits per heavy atom. The van der Waals surface area contributed by atoms with E-state index in [0.29, 0.717) is 0 Å². The van der Waals surface area contributed by atoms with Crippen molar-refractivity contribution >= 4 is 23.7 Å².